The zero-order valence-electron chi connectivity index (χ0n) is 16.4. The smallest absolute Gasteiger partial charge is 0.124 e. The number of hydrogen-bond acceptors (Lipinski definition) is 5. The van der Waals surface area contributed by atoms with Gasteiger partial charge in [-0.1, -0.05) is 31.9 Å². The number of nitrogens with zero attached hydrogens (tertiary/aromatic N) is 2. The summed E-state index contributed by atoms with van der Waals surface area (Å²) in [5.41, 5.74) is 3.88. The largest absolute Gasteiger partial charge is 0.492 e. The highest BCUT2D eigenvalue weighted by Gasteiger charge is 2.22. The number of thiophene rings is 1. The first kappa shape index (κ1) is 21.7. The highest BCUT2D eigenvalue weighted by molar-refractivity contribution is 7.14. The van der Waals surface area contributed by atoms with Crippen molar-refractivity contribution >= 4 is 35.1 Å². The lowest BCUT2D eigenvalue weighted by atomic mass is 10.0. The second-order valence-corrected chi connectivity index (χ2v) is 7.75. The topological polar surface area (TPSA) is 36.9 Å². The van der Waals surface area contributed by atoms with Gasteiger partial charge in [0.15, 0.2) is 0 Å². The van der Waals surface area contributed by atoms with Crippen molar-refractivity contribution in [1.29, 1.82) is 0 Å². The number of ether oxygens (including phenoxy) is 1. The third kappa shape index (κ3) is 5.71. The van der Waals surface area contributed by atoms with Crippen LogP contribution in [0.25, 0.3) is 0 Å². The van der Waals surface area contributed by atoms with Gasteiger partial charge in [0.25, 0.3) is 0 Å². The van der Waals surface area contributed by atoms with Gasteiger partial charge in [0.05, 0.1) is 6.34 Å². The summed E-state index contributed by atoms with van der Waals surface area (Å²) in [7, 11) is 2.05. The summed E-state index contributed by atoms with van der Waals surface area (Å²) in [5, 5.41) is 6.75. The normalized spacial score (nSPS) is 15.4. The minimum absolute atomic E-state index is 0. The van der Waals surface area contributed by atoms with Crippen molar-refractivity contribution < 1.29 is 4.74 Å². The molecule has 0 aliphatic carbocycles. The number of halogens is 1. The molecule has 1 aliphatic heterocycles. The molecule has 148 valence electrons. The van der Waals surface area contributed by atoms with Gasteiger partial charge in [-0.3, -0.25) is 5.32 Å². The van der Waals surface area contributed by atoms with Gasteiger partial charge in [-0.15, -0.1) is 23.7 Å². The molecule has 0 fully saturated rings. The fourth-order valence-electron chi connectivity index (χ4n) is 3.27. The molecule has 27 heavy (non-hydrogen) atoms. The van der Waals surface area contributed by atoms with E-state index in [9.17, 15) is 0 Å². The first-order chi connectivity index (χ1) is 12.7. The Balaban J connectivity index is 0.00000261. The van der Waals surface area contributed by atoms with E-state index in [1.807, 2.05) is 13.4 Å². The molecule has 0 saturated carbocycles. The van der Waals surface area contributed by atoms with E-state index in [0.29, 0.717) is 6.61 Å². The van der Waals surface area contributed by atoms with Crippen LogP contribution in [0.15, 0.2) is 34.6 Å². The van der Waals surface area contributed by atoms with E-state index in [4.69, 9.17) is 4.74 Å². The van der Waals surface area contributed by atoms with Crippen molar-refractivity contribution in [3.05, 3.63) is 46.3 Å². The van der Waals surface area contributed by atoms with Gasteiger partial charge in [-0.2, -0.15) is 0 Å². The number of aryl methyl sites for hydroxylation is 2. The molecule has 1 N–H and O–H groups in total. The van der Waals surface area contributed by atoms with Crippen molar-refractivity contribution in [2.24, 2.45) is 4.99 Å². The van der Waals surface area contributed by atoms with Crippen molar-refractivity contribution in [1.82, 2.24) is 10.2 Å². The van der Waals surface area contributed by atoms with E-state index in [1.54, 1.807) is 11.3 Å². The van der Waals surface area contributed by atoms with Crippen LogP contribution in [0.5, 0.6) is 5.75 Å². The number of nitrogens with one attached hydrogen (secondary N) is 1. The molecule has 1 aromatic heterocycles. The number of rotatable bonds is 9. The maximum absolute atomic E-state index is 6.00. The summed E-state index contributed by atoms with van der Waals surface area (Å²) >= 11 is 1.68. The number of fused-ring (bicyclic) bond motifs is 1. The van der Waals surface area contributed by atoms with Crippen LogP contribution in [0.1, 0.15) is 49.0 Å². The average molecular weight is 408 g/mol. The molecular formula is C21H30ClN3OS. The Morgan fingerprint density at radius 2 is 2.11 bits per heavy atom. The molecule has 1 unspecified atom stereocenters. The molecule has 1 aromatic carbocycles. The Hall–Kier alpha value is -1.56. The van der Waals surface area contributed by atoms with Gasteiger partial charge < -0.3 is 9.64 Å². The highest BCUT2D eigenvalue weighted by Crippen LogP contribution is 2.35. The second kappa shape index (κ2) is 10.7. The van der Waals surface area contributed by atoms with Crippen LogP contribution in [-0.2, 0) is 6.42 Å². The van der Waals surface area contributed by atoms with Crippen LogP contribution in [0, 0.1) is 6.92 Å². The van der Waals surface area contributed by atoms with Crippen LogP contribution < -0.4 is 10.1 Å². The van der Waals surface area contributed by atoms with Gasteiger partial charge >= 0.3 is 0 Å². The Kier molecular flexibility index (Phi) is 8.61. The zero-order chi connectivity index (χ0) is 18.4. The standard InChI is InChI=1S/C21H29N3OS.ClH/c1-4-5-6-7-17-8-9-19(16(2)14-17)25-12-11-22-20-18-10-13-26-21(18)23-15-24(20)3;/h8-10,13-15,20,22H,4-7,11-12H2,1-3H3;1H. The van der Waals surface area contributed by atoms with E-state index in [2.05, 4.69) is 58.7 Å². The predicted molar refractivity (Wildman–Crippen MR) is 118 cm³/mol. The number of benzene rings is 1. The molecule has 0 amide bonds. The van der Waals surface area contributed by atoms with E-state index in [0.717, 1.165) is 23.7 Å². The lowest BCUT2D eigenvalue weighted by Crippen LogP contribution is -2.38. The molecular weight excluding hydrogens is 378 g/mol. The molecule has 3 rings (SSSR count). The summed E-state index contributed by atoms with van der Waals surface area (Å²) in [6, 6.07) is 8.73. The maximum atomic E-state index is 6.00. The van der Waals surface area contributed by atoms with Gasteiger partial charge in [-0.25, -0.2) is 4.99 Å². The first-order valence-electron chi connectivity index (χ1n) is 9.48. The number of unbranched alkanes of at least 4 members (excludes halogenated alkanes) is 2. The van der Waals surface area contributed by atoms with E-state index < -0.39 is 0 Å². The highest BCUT2D eigenvalue weighted by atomic mass is 35.5. The monoisotopic (exact) mass is 407 g/mol. The van der Waals surface area contributed by atoms with Crippen LogP contribution in [0.2, 0.25) is 0 Å². The Bertz CT molecular complexity index is 747. The molecule has 0 spiro atoms. The van der Waals surface area contributed by atoms with Gasteiger partial charge in [0.1, 0.15) is 23.5 Å². The molecule has 1 atom stereocenters. The van der Waals surface area contributed by atoms with Crippen LogP contribution in [0.3, 0.4) is 0 Å². The molecule has 2 heterocycles. The molecule has 1 aliphatic rings. The number of aliphatic imine (C=N–C) groups is 1. The second-order valence-electron chi connectivity index (χ2n) is 6.85. The lowest BCUT2D eigenvalue weighted by molar-refractivity contribution is 0.264. The van der Waals surface area contributed by atoms with E-state index >= 15 is 0 Å². The van der Waals surface area contributed by atoms with Crippen molar-refractivity contribution in [3.63, 3.8) is 0 Å². The maximum Gasteiger partial charge on any atom is 0.124 e. The minimum Gasteiger partial charge on any atom is -0.492 e. The van der Waals surface area contributed by atoms with Crippen LogP contribution in [0.4, 0.5) is 5.00 Å². The van der Waals surface area contributed by atoms with Gasteiger partial charge in [0, 0.05) is 19.2 Å². The number of hydrogen-bond donors (Lipinski definition) is 1. The quantitative estimate of drug-likeness (QED) is 0.559. The molecule has 0 radical (unpaired) electrons. The SMILES string of the molecule is CCCCCc1ccc(OCCNC2c3ccsc3N=CN2C)c(C)c1.Cl. The fourth-order valence-corrected chi connectivity index (χ4v) is 4.04. The fraction of sp³-hybridized carbons (Fsp3) is 0.476. The zero-order valence-corrected chi connectivity index (χ0v) is 18.0. The Labute approximate surface area is 173 Å². The first-order valence-corrected chi connectivity index (χ1v) is 10.4. The molecule has 6 heteroatoms. The van der Waals surface area contributed by atoms with Crippen molar-refractivity contribution in [2.45, 2.75) is 45.7 Å². The summed E-state index contributed by atoms with van der Waals surface area (Å²) in [6.07, 6.45) is 7.05. The summed E-state index contributed by atoms with van der Waals surface area (Å²) < 4.78 is 6.00. The summed E-state index contributed by atoms with van der Waals surface area (Å²) in [4.78, 5) is 6.56. The Morgan fingerprint density at radius 1 is 1.26 bits per heavy atom. The van der Waals surface area contributed by atoms with E-state index in [-0.39, 0.29) is 18.6 Å². The van der Waals surface area contributed by atoms with Crippen LogP contribution in [-0.4, -0.2) is 31.4 Å². The van der Waals surface area contributed by atoms with E-state index in [1.165, 1.54) is 36.0 Å². The van der Waals surface area contributed by atoms with Gasteiger partial charge in [0.2, 0.25) is 0 Å². The minimum atomic E-state index is 0. The van der Waals surface area contributed by atoms with Crippen molar-refractivity contribution in [3.8, 4) is 5.75 Å². The molecule has 2 aromatic rings. The predicted octanol–water partition coefficient (Wildman–Crippen LogP) is 5.48. The third-order valence-electron chi connectivity index (χ3n) is 4.74. The molecule has 4 nitrogen and oxygen atoms in total. The molecule has 0 saturated heterocycles. The molecule has 0 bridgehead atoms. The average Bonchev–Trinajstić information content (AvgIpc) is 3.10. The summed E-state index contributed by atoms with van der Waals surface area (Å²) in [6.45, 7) is 5.81. The summed E-state index contributed by atoms with van der Waals surface area (Å²) in [5.74, 6) is 0.987. The third-order valence-corrected chi connectivity index (χ3v) is 5.58. The Morgan fingerprint density at radius 3 is 2.89 bits per heavy atom. The van der Waals surface area contributed by atoms with Crippen molar-refractivity contribution in [2.75, 3.05) is 20.2 Å². The lowest BCUT2D eigenvalue weighted by Gasteiger charge is -2.30. The van der Waals surface area contributed by atoms with Crippen LogP contribution >= 0.6 is 23.7 Å². The van der Waals surface area contributed by atoms with Gasteiger partial charge in [-0.05, 0) is 48.4 Å².